The smallest absolute Gasteiger partial charge is 0.407 e. The quantitative estimate of drug-likeness (QED) is 0.0539. The summed E-state index contributed by atoms with van der Waals surface area (Å²) in [4.78, 5) is 69.6. The second-order valence-corrected chi connectivity index (χ2v) is 12.9. The van der Waals surface area contributed by atoms with E-state index in [2.05, 4.69) is 57.3 Å². The normalized spacial score (nSPS) is 17.1. The lowest BCUT2D eigenvalue weighted by molar-refractivity contribution is -0.188. The van der Waals surface area contributed by atoms with E-state index in [4.69, 9.17) is 14.4 Å². The van der Waals surface area contributed by atoms with E-state index in [9.17, 15) is 14.4 Å². The molecule has 0 bridgehead atoms. The van der Waals surface area contributed by atoms with Crippen molar-refractivity contribution >= 4 is 24.3 Å². The van der Waals surface area contributed by atoms with Crippen molar-refractivity contribution in [3.05, 3.63) is 72.6 Å². The topological polar surface area (TPSA) is 194 Å². The number of hydrogen-bond acceptors (Lipinski definition) is 11. The van der Waals surface area contributed by atoms with E-state index < -0.39 is 42.3 Å². The Morgan fingerprint density at radius 1 is 0.833 bits per heavy atom. The maximum Gasteiger partial charge on any atom is 0.407 e. The number of ether oxygens (including phenoxy) is 3. The minimum Gasteiger partial charge on any atom is -0.453 e. The van der Waals surface area contributed by atoms with Gasteiger partial charge in [-0.05, 0) is 55.9 Å². The lowest BCUT2D eigenvalue weighted by Gasteiger charge is -2.28. The molecule has 6 atom stereocenters. The van der Waals surface area contributed by atoms with Crippen LogP contribution in [0.25, 0.3) is 33.6 Å². The van der Waals surface area contributed by atoms with Crippen LogP contribution in [-0.2, 0) is 33.6 Å². The number of aliphatic imine (C=N–C) groups is 1. The summed E-state index contributed by atoms with van der Waals surface area (Å²) in [6.45, 7) is 5.86. The molecule has 1 aliphatic heterocycles. The largest absolute Gasteiger partial charge is 0.453 e. The predicted octanol–water partition coefficient (Wildman–Crippen LogP) is 4.74. The number of H-pyrrole nitrogens is 2. The van der Waals surface area contributed by atoms with Crippen LogP contribution in [0.1, 0.15) is 57.3 Å². The van der Waals surface area contributed by atoms with Crippen LogP contribution in [-0.4, -0.2) is 108 Å². The fourth-order valence-corrected chi connectivity index (χ4v) is 6.26. The van der Waals surface area contributed by atoms with Gasteiger partial charge in [0.25, 0.3) is 5.91 Å². The number of nitrogens with zero attached hydrogens (tertiary/aromatic N) is 4. The van der Waals surface area contributed by atoms with Crippen LogP contribution < -0.4 is 10.6 Å². The van der Waals surface area contributed by atoms with E-state index in [1.807, 2.05) is 36.4 Å². The standard InChI is InChI=1S/C38H48N8O8/c1-22(42-36(47)32(23(2)50-4)45-38(49)52-6)34-39-19-29(43-34)27-14-10-25(11-15-27)26-12-16-28(17-13-26)30-20-40-35(44-30)31-9-8-18-46(31)37(48)33(24(3)51-5)41-21-54-53-7/h10-17,19-24,31-33H,8-9,18H2,1-7H3,(H,39,43)(H,40,44)(H,42,47)(H,45,49)/b41-21-/t22-,23-,24-,31+,32+,33+/m1/s1. The molecule has 1 fully saturated rings. The Morgan fingerprint density at radius 2 is 1.43 bits per heavy atom. The number of benzene rings is 2. The van der Waals surface area contributed by atoms with Gasteiger partial charge in [-0.1, -0.05) is 48.5 Å². The number of aromatic nitrogens is 4. The summed E-state index contributed by atoms with van der Waals surface area (Å²) < 4.78 is 15.3. The number of alkyl carbamates (subject to hydrolysis) is 1. The van der Waals surface area contributed by atoms with Gasteiger partial charge in [-0.2, -0.15) is 4.89 Å². The van der Waals surface area contributed by atoms with Gasteiger partial charge in [0.05, 0.1) is 62.3 Å². The Hall–Kier alpha value is -5.58. The first-order valence-electron chi connectivity index (χ1n) is 17.6. The summed E-state index contributed by atoms with van der Waals surface area (Å²) in [7, 11) is 5.59. The summed E-state index contributed by atoms with van der Waals surface area (Å²) in [5, 5.41) is 5.38. The zero-order valence-electron chi connectivity index (χ0n) is 31.5. The van der Waals surface area contributed by atoms with Crippen molar-refractivity contribution in [3.8, 4) is 33.6 Å². The van der Waals surface area contributed by atoms with Crippen LogP contribution in [0.3, 0.4) is 0 Å². The van der Waals surface area contributed by atoms with Gasteiger partial charge in [0, 0.05) is 20.8 Å². The number of methoxy groups -OCH3 is 3. The highest BCUT2D eigenvalue weighted by atomic mass is 17.2. The van der Waals surface area contributed by atoms with Crippen LogP contribution in [0.5, 0.6) is 0 Å². The van der Waals surface area contributed by atoms with Crippen molar-refractivity contribution in [1.29, 1.82) is 0 Å². The molecule has 0 radical (unpaired) electrons. The Balaban J connectivity index is 1.22. The molecule has 0 unspecified atom stereocenters. The molecule has 1 saturated heterocycles. The third-order valence-electron chi connectivity index (χ3n) is 9.55. The van der Waals surface area contributed by atoms with Crippen LogP contribution in [0, 0.1) is 0 Å². The van der Waals surface area contributed by atoms with E-state index in [1.165, 1.54) is 21.3 Å². The summed E-state index contributed by atoms with van der Waals surface area (Å²) in [5.74, 6) is 0.676. The lowest BCUT2D eigenvalue weighted by Crippen LogP contribution is -2.53. The highest BCUT2D eigenvalue weighted by Gasteiger charge is 2.37. The number of hydrogen-bond donors (Lipinski definition) is 4. The van der Waals surface area contributed by atoms with E-state index in [1.54, 1.807) is 45.2 Å². The van der Waals surface area contributed by atoms with Gasteiger partial charge in [-0.15, -0.1) is 0 Å². The minimum atomic E-state index is -0.953. The van der Waals surface area contributed by atoms with Gasteiger partial charge in [-0.3, -0.25) is 9.59 Å². The van der Waals surface area contributed by atoms with Crippen LogP contribution in [0.15, 0.2) is 65.9 Å². The molecule has 54 heavy (non-hydrogen) atoms. The number of imidazole rings is 2. The zero-order chi connectivity index (χ0) is 38.8. The molecule has 16 nitrogen and oxygen atoms in total. The maximum atomic E-state index is 13.6. The van der Waals surface area contributed by atoms with Gasteiger partial charge < -0.3 is 44.6 Å². The molecule has 3 heterocycles. The number of carbonyl (C=O) groups is 3. The average Bonchev–Trinajstić information content (AvgIpc) is 4.00. The van der Waals surface area contributed by atoms with Gasteiger partial charge >= 0.3 is 6.09 Å². The molecule has 1 aliphatic rings. The third kappa shape index (κ3) is 9.31. The fraction of sp³-hybridized carbons (Fsp3) is 0.421. The molecule has 16 heteroatoms. The van der Waals surface area contributed by atoms with Crippen LogP contribution in [0.2, 0.25) is 0 Å². The monoisotopic (exact) mass is 744 g/mol. The first-order valence-corrected chi connectivity index (χ1v) is 17.6. The highest BCUT2D eigenvalue weighted by Crippen LogP contribution is 2.33. The number of carbonyl (C=O) groups excluding carboxylic acids is 3. The van der Waals surface area contributed by atoms with Crippen molar-refractivity contribution in [1.82, 2.24) is 35.5 Å². The van der Waals surface area contributed by atoms with Gasteiger partial charge in [-0.25, -0.2) is 19.8 Å². The molecule has 0 spiro atoms. The first-order chi connectivity index (χ1) is 26.1. The Kier molecular flexibility index (Phi) is 13.5. The summed E-state index contributed by atoms with van der Waals surface area (Å²) >= 11 is 0. The Bertz CT molecular complexity index is 1880. The fourth-order valence-electron chi connectivity index (χ4n) is 6.26. The van der Waals surface area contributed by atoms with Gasteiger partial charge in [0.1, 0.15) is 17.7 Å². The van der Waals surface area contributed by atoms with E-state index in [0.717, 1.165) is 58.7 Å². The van der Waals surface area contributed by atoms with Crippen molar-refractivity contribution in [2.75, 3.05) is 35.0 Å². The van der Waals surface area contributed by atoms with Crippen LogP contribution >= 0.6 is 0 Å². The van der Waals surface area contributed by atoms with Crippen molar-refractivity contribution in [3.63, 3.8) is 0 Å². The summed E-state index contributed by atoms with van der Waals surface area (Å²) in [5.41, 5.74) is 5.60. The molecule has 2 aromatic heterocycles. The van der Waals surface area contributed by atoms with E-state index in [-0.39, 0.29) is 11.9 Å². The molecule has 3 amide bonds. The van der Waals surface area contributed by atoms with Crippen molar-refractivity contribution < 1.29 is 38.4 Å². The number of aromatic amines is 2. The number of rotatable bonds is 16. The summed E-state index contributed by atoms with van der Waals surface area (Å²) in [6.07, 6.45) is 4.47. The second kappa shape index (κ2) is 18.4. The summed E-state index contributed by atoms with van der Waals surface area (Å²) in [6, 6.07) is 13.8. The second-order valence-electron chi connectivity index (χ2n) is 12.9. The molecule has 4 aromatic rings. The third-order valence-corrected chi connectivity index (χ3v) is 9.55. The maximum absolute atomic E-state index is 13.6. The first kappa shape index (κ1) is 39.6. The number of likely N-dealkylation sites (tertiary alicyclic amines) is 1. The lowest BCUT2D eigenvalue weighted by atomic mass is 10.0. The molecule has 4 N–H and O–H groups in total. The Morgan fingerprint density at radius 3 is 2.02 bits per heavy atom. The average molecular weight is 745 g/mol. The molecule has 0 saturated carbocycles. The molecular weight excluding hydrogens is 696 g/mol. The molecule has 5 rings (SSSR count). The molecule has 0 aliphatic carbocycles. The SMILES string of the molecule is COO/C=N\[C@H](C(=O)N1CCC[C@H]1c1ncc(-c2ccc(-c3ccc(-c4cnc([C@@H](C)NC(=O)[C@@H](NC(=O)OC)[C@@H](C)OC)[nH]4)cc3)cc2)[nH]1)[C@@H](C)OC. The predicted molar refractivity (Wildman–Crippen MR) is 200 cm³/mol. The van der Waals surface area contributed by atoms with Crippen molar-refractivity contribution in [2.45, 2.75) is 70.0 Å². The minimum absolute atomic E-state index is 0.167. The van der Waals surface area contributed by atoms with Crippen molar-refractivity contribution in [2.24, 2.45) is 4.99 Å². The van der Waals surface area contributed by atoms with Crippen LogP contribution in [0.4, 0.5) is 4.79 Å². The van der Waals surface area contributed by atoms with E-state index in [0.29, 0.717) is 12.4 Å². The Labute approximate surface area is 313 Å². The number of nitrogens with one attached hydrogen (secondary N) is 4. The molecule has 2 aromatic carbocycles. The molecular formula is C38H48N8O8. The van der Waals surface area contributed by atoms with Gasteiger partial charge in [0.2, 0.25) is 12.3 Å². The molecule has 288 valence electrons. The number of amides is 3. The highest BCUT2D eigenvalue weighted by molar-refractivity contribution is 5.86. The van der Waals surface area contributed by atoms with Gasteiger partial charge in [0.15, 0.2) is 6.04 Å². The zero-order valence-corrected chi connectivity index (χ0v) is 31.5. The van der Waals surface area contributed by atoms with E-state index >= 15 is 0 Å².